The van der Waals surface area contributed by atoms with Gasteiger partial charge < -0.3 is 23.8 Å². The Morgan fingerprint density at radius 3 is 2.79 bits per heavy atom. The molecule has 5 fully saturated rings. The lowest BCUT2D eigenvalue weighted by molar-refractivity contribution is -0.952. The van der Waals surface area contributed by atoms with Gasteiger partial charge in [0.15, 0.2) is 11.5 Å². The standard InChI is InChI=1S/C33H41NO4/c1-21-5-4-6-23(15-21)19-37-20-25-17-31-11-12-33(25,36-3)30-32(31)13-14-34(2,18-22-7-8-22)27(31)16-24-9-10-26(35)29(38-30)28(24)32/h4-6,9-10,15,22,25,27,30H,7-8,11-14,16-20H2,1-3H3/p+1/t25-,27-,30-,31-,32+,33-,34-/m1/s1. The first-order valence-corrected chi connectivity index (χ1v) is 14.9. The third-order valence-corrected chi connectivity index (χ3v) is 12.2. The minimum atomic E-state index is -0.393. The molecule has 38 heavy (non-hydrogen) atoms. The van der Waals surface area contributed by atoms with E-state index in [2.05, 4.69) is 44.3 Å². The van der Waals surface area contributed by atoms with Gasteiger partial charge in [-0.2, -0.15) is 0 Å². The number of methoxy groups -OCH3 is 1. The first-order chi connectivity index (χ1) is 18.4. The Morgan fingerprint density at radius 1 is 1.13 bits per heavy atom. The molecule has 5 aliphatic carbocycles. The summed E-state index contributed by atoms with van der Waals surface area (Å²) >= 11 is 0. The van der Waals surface area contributed by atoms with Gasteiger partial charge in [-0.05, 0) is 56.2 Å². The smallest absolute Gasteiger partial charge is 0.165 e. The number of quaternary nitrogens is 1. The van der Waals surface area contributed by atoms with Gasteiger partial charge in [-0.1, -0.05) is 35.9 Å². The number of piperidine rings is 1. The summed E-state index contributed by atoms with van der Waals surface area (Å²) in [7, 11) is 4.46. The molecule has 0 amide bonds. The molecule has 5 heteroatoms. The molecule has 7 aliphatic rings. The average molecular weight is 517 g/mol. The van der Waals surface area contributed by atoms with Gasteiger partial charge in [0, 0.05) is 42.8 Å². The van der Waals surface area contributed by atoms with E-state index >= 15 is 0 Å². The van der Waals surface area contributed by atoms with Crippen molar-refractivity contribution in [3.8, 4) is 11.5 Å². The summed E-state index contributed by atoms with van der Waals surface area (Å²) in [6, 6.07) is 13.3. The second kappa shape index (κ2) is 7.77. The van der Waals surface area contributed by atoms with Crippen LogP contribution in [0.3, 0.4) is 0 Å². The second-order valence-electron chi connectivity index (χ2n) is 13.9. The van der Waals surface area contributed by atoms with E-state index in [4.69, 9.17) is 14.2 Å². The van der Waals surface area contributed by atoms with E-state index in [0.717, 1.165) is 37.4 Å². The summed E-state index contributed by atoms with van der Waals surface area (Å²) in [6.45, 7) is 5.98. The van der Waals surface area contributed by atoms with Crippen molar-refractivity contribution < 1.29 is 23.8 Å². The Labute approximate surface area is 226 Å². The molecule has 7 atom stereocenters. The van der Waals surface area contributed by atoms with Crippen LogP contribution in [0, 0.1) is 24.2 Å². The van der Waals surface area contributed by atoms with Crippen molar-refractivity contribution in [3.63, 3.8) is 0 Å². The predicted molar refractivity (Wildman–Crippen MR) is 145 cm³/mol. The molecule has 4 bridgehead atoms. The maximum absolute atomic E-state index is 11.0. The molecule has 2 heterocycles. The maximum atomic E-state index is 11.0. The van der Waals surface area contributed by atoms with Crippen molar-refractivity contribution in [2.24, 2.45) is 17.3 Å². The van der Waals surface area contributed by atoms with Gasteiger partial charge in [0.1, 0.15) is 11.7 Å². The number of likely N-dealkylation sites (tertiary alicyclic amines) is 1. The molecule has 2 aromatic rings. The van der Waals surface area contributed by atoms with Crippen LogP contribution >= 0.6 is 0 Å². The topological polar surface area (TPSA) is 47.9 Å². The first-order valence-electron chi connectivity index (χ1n) is 14.9. The molecule has 1 N–H and O–H groups in total. The van der Waals surface area contributed by atoms with Crippen LogP contribution in [0.5, 0.6) is 11.5 Å². The van der Waals surface area contributed by atoms with Crippen molar-refractivity contribution >= 4 is 0 Å². The molecule has 1 saturated heterocycles. The number of benzene rings is 2. The number of aromatic hydroxyl groups is 1. The number of ether oxygens (including phenoxy) is 3. The summed E-state index contributed by atoms with van der Waals surface area (Å²) < 4.78 is 21.3. The largest absolute Gasteiger partial charge is 0.504 e. The Hall–Kier alpha value is -2.08. The fourth-order valence-electron chi connectivity index (χ4n) is 10.6. The van der Waals surface area contributed by atoms with Gasteiger partial charge in [-0.25, -0.2) is 0 Å². The Kier molecular flexibility index (Phi) is 4.86. The van der Waals surface area contributed by atoms with Crippen LogP contribution in [0.2, 0.25) is 0 Å². The summed E-state index contributed by atoms with van der Waals surface area (Å²) in [6.07, 6.45) is 8.30. The predicted octanol–water partition coefficient (Wildman–Crippen LogP) is 5.29. The lowest BCUT2D eigenvalue weighted by atomic mass is 9.34. The third-order valence-electron chi connectivity index (χ3n) is 12.2. The van der Waals surface area contributed by atoms with Gasteiger partial charge in [0.05, 0.1) is 44.8 Å². The number of hydrogen-bond donors (Lipinski definition) is 1. The third kappa shape index (κ3) is 2.83. The molecule has 0 radical (unpaired) electrons. The van der Waals surface area contributed by atoms with Gasteiger partial charge in [0.2, 0.25) is 0 Å². The fraction of sp³-hybridized carbons (Fsp3) is 0.636. The highest BCUT2D eigenvalue weighted by Gasteiger charge is 2.83. The molecule has 2 aromatic carbocycles. The Balaban J connectivity index is 1.22. The number of phenols is 1. The zero-order chi connectivity index (χ0) is 25.9. The molecule has 5 nitrogen and oxygen atoms in total. The van der Waals surface area contributed by atoms with Crippen LogP contribution < -0.4 is 4.74 Å². The minimum Gasteiger partial charge on any atom is -0.504 e. The Morgan fingerprint density at radius 2 is 2.00 bits per heavy atom. The number of nitrogens with zero attached hydrogens (tertiary/aromatic N) is 1. The molecule has 2 aliphatic heterocycles. The van der Waals surface area contributed by atoms with Crippen molar-refractivity contribution in [1.29, 1.82) is 0 Å². The van der Waals surface area contributed by atoms with Gasteiger partial charge in [-0.15, -0.1) is 0 Å². The lowest BCUT2D eigenvalue weighted by Crippen LogP contribution is -2.83. The molecule has 2 spiro atoms. The summed E-state index contributed by atoms with van der Waals surface area (Å²) in [5.74, 6) is 2.24. The highest BCUT2D eigenvalue weighted by Crippen LogP contribution is 2.77. The first kappa shape index (κ1) is 23.8. The van der Waals surface area contributed by atoms with E-state index in [0.29, 0.717) is 25.0 Å². The maximum Gasteiger partial charge on any atom is 0.165 e. The zero-order valence-corrected chi connectivity index (χ0v) is 23.2. The highest BCUT2D eigenvalue weighted by atomic mass is 16.6. The summed E-state index contributed by atoms with van der Waals surface area (Å²) in [4.78, 5) is 0. The number of fused-ring (bicyclic) bond motifs is 2. The van der Waals surface area contributed by atoms with Crippen molar-refractivity contribution in [2.45, 2.75) is 81.6 Å². The van der Waals surface area contributed by atoms with Gasteiger partial charge in [0.25, 0.3) is 0 Å². The van der Waals surface area contributed by atoms with Gasteiger partial charge in [-0.3, -0.25) is 0 Å². The molecule has 0 aromatic heterocycles. The summed E-state index contributed by atoms with van der Waals surface area (Å²) in [5, 5.41) is 11.0. The number of phenolic OH excluding ortho intramolecular Hbond substituents is 1. The van der Waals surface area contributed by atoms with Crippen LogP contribution in [0.25, 0.3) is 0 Å². The monoisotopic (exact) mass is 516 g/mol. The molecule has 202 valence electrons. The van der Waals surface area contributed by atoms with Crippen LogP contribution in [-0.4, -0.2) is 61.2 Å². The highest BCUT2D eigenvalue weighted by molar-refractivity contribution is 5.62. The molecule has 9 rings (SSSR count). The molecule has 0 unspecified atom stereocenters. The lowest BCUT2D eigenvalue weighted by Gasteiger charge is -2.74. The van der Waals surface area contributed by atoms with E-state index in [1.807, 2.05) is 13.2 Å². The minimum absolute atomic E-state index is 0.0606. The van der Waals surface area contributed by atoms with Crippen molar-refractivity contribution in [1.82, 2.24) is 0 Å². The van der Waals surface area contributed by atoms with Crippen molar-refractivity contribution in [2.75, 3.05) is 33.9 Å². The molecular formula is C33H42NO4+. The average Bonchev–Trinajstić information content (AvgIpc) is 3.63. The normalized spacial score (nSPS) is 41.6. The van der Waals surface area contributed by atoms with Crippen molar-refractivity contribution in [3.05, 3.63) is 58.7 Å². The fourth-order valence-corrected chi connectivity index (χ4v) is 10.6. The Bertz CT molecular complexity index is 1310. The number of rotatable bonds is 7. The van der Waals surface area contributed by atoms with Crippen LogP contribution in [0.4, 0.5) is 0 Å². The molecule has 4 saturated carbocycles. The van der Waals surface area contributed by atoms with Crippen LogP contribution in [0.1, 0.15) is 60.8 Å². The van der Waals surface area contributed by atoms with E-state index in [1.165, 1.54) is 59.1 Å². The SMILES string of the molecule is CO[C@]12CC[C@@]3(C[C@@H]1COCc1cccc(C)c1)[C@H]1Cc4ccc(O)c5c4[C@@]3(CC[N@+]1(C)CC1CC1)[C@H]2O5. The number of aryl methyl sites for hydroxylation is 1. The van der Waals surface area contributed by atoms with E-state index in [-0.39, 0.29) is 22.9 Å². The zero-order valence-electron chi connectivity index (χ0n) is 23.2. The van der Waals surface area contributed by atoms with E-state index in [1.54, 1.807) is 0 Å². The second-order valence-corrected chi connectivity index (χ2v) is 13.9. The summed E-state index contributed by atoms with van der Waals surface area (Å²) in [5.41, 5.74) is 4.96. The van der Waals surface area contributed by atoms with Crippen LogP contribution in [-0.2, 0) is 27.9 Å². The molecular weight excluding hydrogens is 474 g/mol. The number of hydrogen-bond acceptors (Lipinski definition) is 4. The van der Waals surface area contributed by atoms with E-state index < -0.39 is 5.60 Å². The van der Waals surface area contributed by atoms with Crippen LogP contribution in [0.15, 0.2) is 36.4 Å². The van der Waals surface area contributed by atoms with E-state index in [9.17, 15) is 5.11 Å². The van der Waals surface area contributed by atoms with Gasteiger partial charge >= 0.3 is 0 Å². The number of likely N-dealkylation sites (N-methyl/N-ethyl adjacent to an activating group) is 1. The quantitative estimate of drug-likeness (QED) is 0.509.